The van der Waals surface area contributed by atoms with Crippen LogP contribution < -0.4 is 5.32 Å². The van der Waals surface area contributed by atoms with Crippen LogP contribution in [0.5, 0.6) is 0 Å². The molecule has 0 aliphatic carbocycles. The number of ether oxygens (including phenoxy) is 1. The first-order chi connectivity index (χ1) is 8.15. The Balaban J connectivity index is 2.05. The number of nitrogens with zero attached hydrogens (tertiary/aromatic N) is 1. The van der Waals surface area contributed by atoms with E-state index in [1.165, 1.54) is 11.3 Å². The molecule has 1 aliphatic heterocycles. The summed E-state index contributed by atoms with van der Waals surface area (Å²) >= 11 is 1.36. The fourth-order valence-electron chi connectivity index (χ4n) is 1.85. The van der Waals surface area contributed by atoms with Gasteiger partial charge in [-0.25, -0.2) is 4.98 Å². The number of aliphatic hydroxyl groups excluding tert-OH is 1. The van der Waals surface area contributed by atoms with Crippen LogP contribution in [0.25, 0.3) is 0 Å². The van der Waals surface area contributed by atoms with Crippen LogP contribution in [0.2, 0.25) is 0 Å². The maximum absolute atomic E-state index is 12.0. The smallest absolute Gasteiger partial charge is 0.263 e. The zero-order chi connectivity index (χ0) is 12.3. The van der Waals surface area contributed by atoms with E-state index in [1.54, 1.807) is 6.20 Å². The molecule has 0 unspecified atom stereocenters. The van der Waals surface area contributed by atoms with Crippen LogP contribution in [-0.2, 0) is 4.74 Å². The Kier molecular flexibility index (Phi) is 3.76. The van der Waals surface area contributed by atoms with Crippen LogP contribution in [-0.4, -0.2) is 41.4 Å². The number of rotatable bonds is 3. The van der Waals surface area contributed by atoms with E-state index >= 15 is 0 Å². The van der Waals surface area contributed by atoms with Gasteiger partial charge in [0.2, 0.25) is 0 Å². The van der Waals surface area contributed by atoms with E-state index in [-0.39, 0.29) is 12.5 Å². The molecule has 0 saturated carbocycles. The van der Waals surface area contributed by atoms with Crippen molar-refractivity contribution < 1.29 is 14.6 Å². The van der Waals surface area contributed by atoms with Gasteiger partial charge in [0.15, 0.2) is 0 Å². The third-order valence-electron chi connectivity index (χ3n) is 2.98. The van der Waals surface area contributed by atoms with E-state index in [2.05, 4.69) is 10.3 Å². The number of carbonyl (C=O) groups is 1. The summed E-state index contributed by atoms with van der Waals surface area (Å²) < 4.78 is 5.25. The van der Waals surface area contributed by atoms with Crippen LogP contribution >= 0.6 is 11.3 Å². The average molecular weight is 256 g/mol. The predicted octanol–water partition coefficient (Wildman–Crippen LogP) is 0.723. The van der Waals surface area contributed by atoms with Crippen molar-refractivity contribution in [3.05, 3.63) is 16.1 Å². The monoisotopic (exact) mass is 256 g/mol. The van der Waals surface area contributed by atoms with E-state index in [1.807, 2.05) is 6.92 Å². The number of hydrogen-bond acceptors (Lipinski definition) is 5. The van der Waals surface area contributed by atoms with Gasteiger partial charge in [-0.2, -0.15) is 0 Å². The van der Waals surface area contributed by atoms with Gasteiger partial charge in [0.25, 0.3) is 5.91 Å². The summed E-state index contributed by atoms with van der Waals surface area (Å²) in [5.41, 5.74) is -0.534. The fraction of sp³-hybridized carbons (Fsp3) is 0.636. The first-order valence-electron chi connectivity index (χ1n) is 5.59. The lowest BCUT2D eigenvalue weighted by atomic mass is 9.91. The second-order valence-electron chi connectivity index (χ2n) is 4.25. The highest BCUT2D eigenvalue weighted by Gasteiger charge is 2.34. The van der Waals surface area contributed by atoms with Crippen molar-refractivity contribution in [2.45, 2.75) is 25.3 Å². The molecule has 2 rings (SSSR count). The summed E-state index contributed by atoms with van der Waals surface area (Å²) in [6.07, 6.45) is 2.86. The molecule has 0 aromatic carbocycles. The van der Waals surface area contributed by atoms with E-state index < -0.39 is 5.54 Å². The summed E-state index contributed by atoms with van der Waals surface area (Å²) in [6.45, 7) is 2.95. The van der Waals surface area contributed by atoms with Crippen LogP contribution in [0.1, 0.15) is 27.5 Å². The standard InChI is InChI=1S/C11H16N2O3S/c1-8-12-6-9(17-8)10(15)13-11(7-14)2-4-16-5-3-11/h6,14H,2-5,7H2,1H3,(H,13,15). The van der Waals surface area contributed by atoms with Gasteiger partial charge >= 0.3 is 0 Å². The molecule has 0 spiro atoms. The molecule has 0 bridgehead atoms. The highest BCUT2D eigenvalue weighted by atomic mass is 32.1. The Labute approximate surface area is 104 Å². The SMILES string of the molecule is Cc1ncc(C(=O)NC2(CO)CCOCC2)s1. The molecule has 1 aromatic heterocycles. The van der Waals surface area contributed by atoms with Crippen molar-refractivity contribution >= 4 is 17.2 Å². The van der Waals surface area contributed by atoms with Crippen molar-refractivity contribution in [2.75, 3.05) is 19.8 Å². The predicted molar refractivity (Wildman–Crippen MR) is 64.2 cm³/mol. The van der Waals surface area contributed by atoms with Crippen molar-refractivity contribution in [2.24, 2.45) is 0 Å². The molecule has 17 heavy (non-hydrogen) atoms. The maximum atomic E-state index is 12.0. The fourth-order valence-corrected chi connectivity index (χ4v) is 2.53. The molecule has 2 N–H and O–H groups in total. The van der Waals surface area contributed by atoms with Gasteiger partial charge in [-0.1, -0.05) is 0 Å². The minimum absolute atomic E-state index is 0.0557. The zero-order valence-corrected chi connectivity index (χ0v) is 10.5. The molecular formula is C11H16N2O3S. The second kappa shape index (κ2) is 5.12. The molecule has 1 saturated heterocycles. The minimum Gasteiger partial charge on any atom is -0.394 e. The molecule has 1 amide bonds. The lowest BCUT2D eigenvalue weighted by Crippen LogP contribution is -2.54. The van der Waals surface area contributed by atoms with E-state index in [0.29, 0.717) is 30.9 Å². The van der Waals surface area contributed by atoms with Crippen molar-refractivity contribution in [3.63, 3.8) is 0 Å². The van der Waals surface area contributed by atoms with Crippen LogP contribution in [0.4, 0.5) is 0 Å². The molecular weight excluding hydrogens is 240 g/mol. The summed E-state index contributed by atoms with van der Waals surface area (Å²) in [5.74, 6) is -0.161. The van der Waals surface area contributed by atoms with E-state index in [0.717, 1.165) is 5.01 Å². The first-order valence-corrected chi connectivity index (χ1v) is 6.40. The Morgan fingerprint density at radius 2 is 2.35 bits per heavy atom. The Bertz CT molecular complexity index is 399. The zero-order valence-electron chi connectivity index (χ0n) is 9.73. The molecule has 1 fully saturated rings. The number of amides is 1. The average Bonchev–Trinajstić information content (AvgIpc) is 2.77. The second-order valence-corrected chi connectivity index (χ2v) is 5.48. The molecule has 0 atom stereocenters. The van der Waals surface area contributed by atoms with Gasteiger partial charge in [0.1, 0.15) is 4.88 Å². The van der Waals surface area contributed by atoms with Gasteiger partial charge < -0.3 is 15.2 Å². The van der Waals surface area contributed by atoms with Crippen molar-refractivity contribution in [1.82, 2.24) is 10.3 Å². The lowest BCUT2D eigenvalue weighted by molar-refractivity contribution is 0.0126. The van der Waals surface area contributed by atoms with Crippen molar-refractivity contribution in [3.8, 4) is 0 Å². The number of aryl methyl sites for hydroxylation is 1. The Morgan fingerprint density at radius 3 is 2.88 bits per heavy atom. The molecule has 6 heteroatoms. The number of thiazole rings is 1. The van der Waals surface area contributed by atoms with E-state index in [4.69, 9.17) is 4.74 Å². The summed E-state index contributed by atoms with van der Waals surface area (Å²) in [4.78, 5) is 16.6. The molecule has 5 nitrogen and oxygen atoms in total. The molecule has 94 valence electrons. The van der Waals surface area contributed by atoms with Crippen LogP contribution in [0.15, 0.2) is 6.20 Å². The largest absolute Gasteiger partial charge is 0.394 e. The first kappa shape index (κ1) is 12.5. The van der Waals surface area contributed by atoms with Crippen molar-refractivity contribution in [1.29, 1.82) is 0 Å². The van der Waals surface area contributed by atoms with Gasteiger partial charge in [-0.05, 0) is 19.8 Å². The van der Waals surface area contributed by atoms with Gasteiger partial charge in [0, 0.05) is 13.2 Å². The highest BCUT2D eigenvalue weighted by Crippen LogP contribution is 2.21. The highest BCUT2D eigenvalue weighted by molar-refractivity contribution is 7.13. The van der Waals surface area contributed by atoms with E-state index in [9.17, 15) is 9.90 Å². The minimum atomic E-state index is -0.534. The van der Waals surface area contributed by atoms with Gasteiger partial charge in [-0.15, -0.1) is 11.3 Å². The third-order valence-corrected chi connectivity index (χ3v) is 3.89. The molecule has 1 aliphatic rings. The Hall–Kier alpha value is -0.980. The normalized spacial score (nSPS) is 18.9. The summed E-state index contributed by atoms with van der Waals surface area (Å²) in [6, 6.07) is 0. The molecule has 1 aromatic rings. The van der Waals surface area contributed by atoms with Crippen LogP contribution in [0.3, 0.4) is 0 Å². The number of hydrogen-bond donors (Lipinski definition) is 2. The molecule has 2 heterocycles. The van der Waals surface area contributed by atoms with Crippen LogP contribution in [0, 0.1) is 6.92 Å². The van der Waals surface area contributed by atoms with Gasteiger partial charge in [0.05, 0.1) is 23.4 Å². The maximum Gasteiger partial charge on any atom is 0.263 e. The quantitative estimate of drug-likeness (QED) is 0.836. The number of aliphatic hydroxyl groups is 1. The summed E-state index contributed by atoms with van der Waals surface area (Å²) in [7, 11) is 0. The lowest BCUT2D eigenvalue weighted by Gasteiger charge is -2.36. The molecule has 0 radical (unpaired) electrons. The number of aromatic nitrogens is 1. The number of nitrogens with one attached hydrogen (secondary N) is 1. The topological polar surface area (TPSA) is 71.5 Å². The number of carbonyl (C=O) groups excluding carboxylic acids is 1. The van der Waals surface area contributed by atoms with Gasteiger partial charge in [-0.3, -0.25) is 4.79 Å². The summed E-state index contributed by atoms with van der Waals surface area (Å²) in [5, 5.41) is 13.2. The Morgan fingerprint density at radius 1 is 1.65 bits per heavy atom. The third kappa shape index (κ3) is 2.83.